The molecule has 0 atom stereocenters. The fourth-order valence-corrected chi connectivity index (χ4v) is 3.65. The summed E-state index contributed by atoms with van der Waals surface area (Å²) in [6, 6.07) is 17.7. The van der Waals surface area contributed by atoms with Gasteiger partial charge in [-0.2, -0.15) is 0 Å². The van der Waals surface area contributed by atoms with Crippen molar-refractivity contribution in [2.45, 2.75) is 61.1 Å². The van der Waals surface area contributed by atoms with Gasteiger partial charge in [0.15, 0.2) is 0 Å². The van der Waals surface area contributed by atoms with Crippen LogP contribution in [0.5, 0.6) is 0 Å². The van der Waals surface area contributed by atoms with E-state index in [-0.39, 0.29) is 0 Å². The van der Waals surface area contributed by atoms with Crippen LogP contribution in [0.4, 0.5) is 0 Å². The summed E-state index contributed by atoms with van der Waals surface area (Å²) in [4.78, 5) is 2.36. The molecule has 1 nitrogen and oxygen atoms in total. The summed E-state index contributed by atoms with van der Waals surface area (Å²) in [6.07, 6.45) is 7.43. The van der Waals surface area contributed by atoms with Crippen LogP contribution < -0.4 is 0 Å². The van der Waals surface area contributed by atoms with E-state index in [1.54, 1.807) is 0 Å². The van der Waals surface area contributed by atoms with Gasteiger partial charge in [0.05, 0.1) is 0 Å². The third-order valence-corrected chi connectivity index (χ3v) is 5.39. The Bertz CT molecular complexity index is 983. The fraction of sp³-hybridized carbons (Fsp3) is 0.290. The molecular formula is C31H39N. The molecule has 0 bridgehead atoms. The Labute approximate surface area is 196 Å². The molecule has 0 spiro atoms. The van der Waals surface area contributed by atoms with E-state index in [2.05, 4.69) is 120 Å². The van der Waals surface area contributed by atoms with Crippen LogP contribution in [0.2, 0.25) is 0 Å². The summed E-state index contributed by atoms with van der Waals surface area (Å²) in [6.45, 7) is 23.1. The van der Waals surface area contributed by atoms with E-state index in [1.165, 1.54) is 33.4 Å². The first-order valence-electron chi connectivity index (χ1n) is 11.5. The van der Waals surface area contributed by atoms with Gasteiger partial charge in [-0.05, 0) is 63.3 Å². The second-order valence-corrected chi connectivity index (χ2v) is 8.97. The molecular weight excluding hydrogens is 386 g/mol. The van der Waals surface area contributed by atoms with Gasteiger partial charge in [0.1, 0.15) is 0 Å². The third kappa shape index (κ3) is 7.57. The molecule has 0 saturated heterocycles. The first-order chi connectivity index (χ1) is 15.2. The molecule has 0 fully saturated rings. The van der Waals surface area contributed by atoms with E-state index in [1.807, 2.05) is 6.08 Å². The van der Waals surface area contributed by atoms with E-state index in [0.717, 1.165) is 36.4 Å². The van der Waals surface area contributed by atoms with Gasteiger partial charge in [0.25, 0.3) is 0 Å². The monoisotopic (exact) mass is 425 g/mol. The Morgan fingerprint density at radius 2 is 1.22 bits per heavy atom. The highest BCUT2D eigenvalue weighted by Crippen LogP contribution is 2.26. The number of rotatable bonds is 10. The fourth-order valence-electron chi connectivity index (χ4n) is 3.65. The molecule has 0 aliphatic carbocycles. The molecule has 168 valence electrons. The zero-order valence-corrected chi connectivity index (χ0v) is 20.8. The number of allylic oxidation sites excluding steroid dienone is 6. The summed E-state index contributed by atoms with van der Waals surface area (Å²) in [5, 5.41) is 0. The second-order valence-electron chi connectivity index (χ2n) is 8.97. The van der Waals surface area contributed by atoms with Crippen molar-refractivity contribution in [3.05, 3.63) is 130 Å². The van der Waals surface area contributed by atoms with Crippen molar-refractivity contribution >= 4 is 0 Å². The second kappa shape index (κ2) is 12.1. The van der Waals surface area contributed by atoms with Crippen LogP contribution in [0, 0.1) is 6.92 Å². The molecule has 0 aliphatic rings. The molecule has 0 amide bonds. The number of nitrogens with zero attached hydrogens (tertiary/aromatic N) is 1. The normalized spacial score (nSPS) is 10.2. The van der Waals surface area contributed by atoms with Gasteiger partial charge in [-0.1, -0.05) is 104 Å². The molecule has 2 rings (SSSR count). The summed E-state index contributed by atoms with van der Waals surface area (Å²) in [5.74, 6) is 0. The number of hydrogen-bond donors (Lipinski definition) is 0. The smallest absolute Gasteiger partial charge is 0.0433 e. The molecule has 1 heteroatoms. The van der Waals surface area contributed by atoms with Crippen LogP contribution in [0.1, 0.15) is 56.9 Å². The molecule has 0 unspecified atom stereocenters. The van der Waals surface area contributed by atoms with E-state index in [4.69, 9.17) is 0 Å². The number of hydrogen-bond acceptors (Lipinski definition) is 1. The summed E-state index contributed by atoms with van der Waals surface area (Å²) in [5.41, 5.74) is 10.9. The van der Waals surface area contributed by atoms with Crippen LogP contribution in [0.15, 0.2) is 108 Å². The molecule has 0 saturated carbocycles. The van der Waals surface area contributed by atoms with E-state index < -0.39 is 0 Å². The number of aryl methyl sites for hydroxylation is 2. The van der Waals surface area contributed by atoms with Crippen LogP contribution in [-0.4, -0.2) is 4.90 Å². The van der Waals surface area contributed by atoms with Crippen LogP contribution >= 0.6 is 0 Å². The Kier molecular flexibility index (Phi) is 9.53. The number of benzene rings is 2. The lowest BCUT2D eigenvalue weighted by Gasteiger charge is -2.29. The largest absolute Gasteiger partial charge is 0.363 e. The van der Waals surface area contributed by atoms with Gasteiger partial charge < -0.3 is 4.90 Å². The Balaban J connectivity index is 2.50. The summed E-state index contributed by atoms with van der Waals surface area (Å²) >= 11 is 0. The van der Waals surface area contributed by atoms with Gasteiger partial charge in [-0.15, -0.1) is 0 Å². The first kappa shape index (κ1) is 25.2. The topological polar surface area (TPSA) is 3.24 Å². The van der Waals surface area contributed by atoms with E-state index in [9.17, 15) is 0 Å². The van der Waals surface area contributed by atoms with Gasteiger partial charge in [-0.25, -0.2) is 0 Å². The average molecular weight is 426 g/mol. The SMILES string of the molecule is C=CC(C(=C)N(Cc1ccc(C)cc1)Cc1ccc(CC)cc1)=C(C=C(C)C)C=C(C)C. The molecule has 0 aliphatic heterocycles. The van der Waals surface area contributed by atoms with Crippen molar-refractivity contribution in [1.29, 1.82) is 0 Å². The maximum absolute atomic E-state index is 4.54. The predicted molar refractivity (Wildman–Crippen MR) is 141 cm³/mol. The zero-order valence-electron chi connectivity index (χ0n) is 20.8. The molecule has 2 aromatic rings. The Morgan fingerprint density at radius 3 is 1.62 bits per heavy atom. The zero-order chi connectivity index (χ0) is 23.7. The molecule has 32 heavy (non-hydrogen) atoms. The predicted octanol–water partition coefficient (Wildman–Crippen LogP) is 8.49. The van der Waals surface area contributed by atoms with Crippen LogP contribution in [0.25, 0.3) is 0 Å². The quantitative estimate of drug-likeness (QED) is 0.345. The van der Waals surface area contributed by atoms with E-state index in [0.29, 0.717) is 0 Å². The van der Waals surface area contributed by atoms with Crippen molar-refractivity contribution < 1.29 is 0 Å². The Morgan fingerprint density at radius 1 is 0.781 bits per heavy atom. The van der Waals surface area contributed by atoms with Crippen molar-refractivity contribution in [2.24, 2.45) is 0 Å². The van der Waals surface area contributed by atoms with Crippen molar-refractivity contribution in [2.75, 3.05) is 0 Å². The van der Waals surface area contributed by atoms with Crippen LogP contribution in [0.3, 0.4) is 0 Å². The minimum absolute atomic E-state index is 0.795. The minimum Gasteiger partial charge on any atom is -0.363 e. The van der Waals surface area contributed by atoms with Crippen molar-refractivity contribution in [3.63, 3.8) is 0 Å². The first-order valence-corrected chi connectivity index (χ1v) is 11.5. The molecule has 0 radical (unpaired) electrons. The molecule has 0 heterocycles. The van der Waals surface area contributed by atoms with Crippen LogP contribution in [-0.2, 0) is 19.5 Å². The summed E-state index contributed by atoms with van der Waals surface area (Å²) in [7, 11) is 0. The third-order valence-electron chi connectivity index (χ3n) is 5.39. The maximum atomic E-state index is 4.54. The van der Waals surface area contributed by atoms with E-state index >= 15 is 0 Å². The van der Waals surface area contributed by atoms with Gasteiger partial charge >= 0.3 is 0 Å². The Hall–Kier alpha value is -3.06. The summed E-state index contributed by atoms with van der Waals surface area (Å²) < 4.78 is 0. The molecule has 2 aromatic carbocycles. The maximum Gasteiger partial charge on any atom is 0.0433 e. The highest BCUT2D eigenvalue weighted by atomic mass is 15.1. The molecule has 0 aromatic heterocycles. The van der Waals surface area contributed by atoms with Crippen molar-refractivity contribution in [1.82, 2.24) is 4.90 Å². The highest BCUT2D eigenvalue weighted by molar-refractivity contribution is 5.51. The minimum atomic E-state index is 0.795. The lowest BCUT2D eigenvalue weighted by molar-refractivity contribution is 0.337. The van der Waals surface area contributed by atoms with Crippen molar-refractivity contribution in [3.8, 4) is 0 Å². The van der Waals surface area contributed by atoms with Gasteiger partial charge in [0.2, 0.25) is 0 Å². The van der Waals surface area contributed by atoms with Gasteiger partial charge in [0, 0.05) is 24.4 Å². The standard InChI is InChI=1S/C31H39N/c1-9-27-15-17-29(18-16-27)22-32(21-28-13-11-25(7)12-14-28)26(8)31(10-2)30(19-23(3)4)20-24(5)6/h10-20H,2,8-9,21-22H2,1,3-7H3. The van der Waals surface area contributed by atoms with Gasteiger partial charge in [-0.3, -0.25) is 0 Å². The average Bonchev–Trinajstić information content (AvgIpc) is 2.74. The lowest BCUT2D eigenvalue weighted by Crippen LogP contribution is -2.23. The molecule has 0 N–H and O–H groups in total. The lowest BCUT2D eigenvalue weighted by atomic mass is 9.99. The highest BCUT2D eigenvalue weighted by Gasteiger charge is 2.14.